The summed E-state index contributed by atoms with van der Waals surface area (Å²) in [6, 6.07) is 10.1. The van der Waals surface area contributed by atoms with Gasteiger partial charge in [0, 0.05) is 13.1 Å². The average Bonchev–Trinajstić information content (AvgIpc) is 3.14. The molecule has 4 N–H and O–H groups in total. The van der Waals surface area contributed by atoms with E-state index in [2.05, 4.69) is 51.6 Å². The molecule has 0 aliphatic heterocycles. The first-order valence-corrected chi connectivity index (χ1v) is 9.94. The number of H-pyrrole nitrogens is 1. The van der Waals surface area contributed by atoms with Crippen molar-refractivity contribution in [2.24, 2.45) is 4.99 Å². The van der Waals surface area contributed by atoms with Gasteiger partial charge in [-0.2, -0.15) is 0 Å². The van der Waals surface area contributed by atoms with Crippen LogP contribution in [0.2, 0.25) is 0 Å². The van der Waals surface area contributed by atoms with E-state index in [4.69, 9.17) is 0 Å². The monoisotopic (exact) mass is 499 g/mol. The zero-order chi connectivity index (χ0) is 19.5. The average molecular weight is 499 g/mol. The molecule has 7 heteroatoms. The fourth-order valence-electron chi connectivity index (χ4n) is 3.18. The highest BCUT2D eigenvalue weighted by Gasteiger charge is 2.24. The van der Waals surface area contributed by atoms with Crippen molar-refractivity contribution in [3.05, 3.63) is 42.4 Å². The summed E-state index contributed by atoms with van der Waals surface area (Å²) in [5, 5.41) is 17.3. The van der Waals surface area contributed by atoms with Gasteiger partial charge in [-0.05, 0) is 25.3 Å². The molecule has 156 valence electrons. The summed E-state index contributed by atoms with van der Waals surface area (Å²) in [6.07, 6.45) is 5.32. The van der Waals surface area contributed by atoms with Crippen molar-refractivity contribution >= 4 is 29.9 Å². The standard InChI is InChI=1S/C21H33N5O.HI/c1-4-12-21(27,13-5-2)16-25-20(22-6-3)24-15-19-23-14-18(26-19)17-10-8-7-9-11-17;/h7-11,14,27H,4-6,12-13,15-16H2,1-3H3,(H,23,26)(H2,22,24,25);1H. The first-order chi connectivity index (χ1) is 13.1. The van der Waals surface area contributed by atoms with Crippen LogP contribution in [0.4, 0.5) is 0 Å². The van der Waals surface area contributed by atoms with Gasteiger partial charge in [-0.1, -0.05) is 57.0 Å². The Morgan fingerprint density at radius 1 is 1.11 bits per heavy atom. The van der Waals surface area contributed by atoms with Crippen molar-refractivity contribution in [3.8, 4) is 11.3 Å². The van der Waals surface area contributed by atoms with Gasteiger partial charge in [0.25, 0.3) is 0 Å². The van der Waals surface area contributed by atoms with Gasteiger partial charge >= 0.3 is 0 Å². The van der Waals surface area contributed by atoms with Gasteiger partial charge in [0.1, 0.15) is 12.4 Å². The normalized spacial score (nSPS) is 11.8. The number of aliphatic hydroxyl groups is 1. The first-order valence-electron chi connectivity index (χ1n) is 9.94. The second-order valence-electron chi connectivity index (χ2n) is 6.88. The summed E-state index contributed by atoms with van der Waals surface area (Å²) in [7, 11) is 0. The molecule has 0 unspecified atom stereocenters. The third-order valence-electron chi connectivity index (χ3n) is 4.46. The number of halogens is 1. The predicted octanol–water partition coefficient (Wildman–Crippen LogP) is 4.08. The van der Waals surface area contributed by atoms with Crippen LogP contribution < -0.4 is 10.6 Å². The van der Waals surface area contributed by atoms with E-state index in [0.29, 0.717) is 19.0 Å². The van der Waals surface area contributed by atoms with E-state index in [1.807, 2.05) is 31.3 Å². The van der Waals surface area contributed by atoms with Crippen molar-refractivity contribution in [2.45, 2.75) is 58.6 Å². The van der Waals surface area contributed by atoms with Crippen molar-refractivity contribution in [2.75, 3.05) is 13.1 Å². The van der Waals surface area contributed by atoms with Gasteiger partial charge < -0.3 is 20.7 Å². The molecule has 0 saturated heterocycles. The third-order valence-corrected chi connectivity index (χ3v) is 4.46. The number of nitrogens with zero attached hydrogens (tertiary/aromatic N) is 2. The lowest BCUT2D eigenvalue weighted by atomic mass is 9.93. The van der Waals surface area contributed by atoms with Crippen LogP contribution in [-0.4, -0.2) is 39.7 Å². The minimum atomic E-state index is -0.690. The maximum atomic E-state index is 10.8. The third kappa shape index (κ3) is 7.79. The predicted molar refractivity (Wildman–Crippen MR) is 127 cm³/mol. The van der Waals surface area contributed by atoms with Gasteiger partial charge in [0.2, 0.25) is 0 Å². The smallest absolute Gasteiger partial charge is 0.191 e. The lowest BCUT2D eigenvalue weighted by molar-refractivity contribution is 0.0257. The molecular weight excluding hydrogens is 465 g/mol. The molecule has 0 spiro atoms. The molecule has 6 nitrogen and oxygen atoms in total. The number of hydrogen-bond acceptors (Lipinski definition) is 3. The van der Waals surface area contributed by atoms with Gasteiger partial charge in [0.15, 0.2) is 5.96 Å². The van der Waals surface area contributed by atoms with Gasteiger partial charge in [-0.3, -0.25) is 0 Å². The molecule has 0 saturated carbocycles. The van der Waals surface area contributed by atoms with Crippen LogP contribution in [0.3, 0.4) is 0 Å². The van der Waals surface area contributed by atoms with Crippen molar-refractivity contribution in [3.63, 3.8) is 0 Å². The number of aromatic nitrogens is 2. The zero-order valence-electron chi connectivity index (χ0n) is 17.2. The van der Waals surface area contributed by atoms with Crippen LogP contribution in [0.15, 0.2) is 41.5 Å². The summed E-state index contributed by atoms with van der Waals surface area (Å²) in [5.74, 6) is 1.50. The van der Waals surface area contributed by atoms with E-state index in [1.54, 1.807) is 0 Å². The summed E-state index contributed by atoms with van der Waals surface area (Å²) in [5.41, 5.74) is 1.40. The van der Waals surface area contributed by atoms with Crippen LogP contribution >= 0.6 is 24.0 Å². The molecule has 0 aliphatic carbocycles. The molecule has 0 radical (unpaired) electrons. The Balaban J connectivity index is 0.00000392. The molecule has 2 rings (SSSR count). The number of aromatic amines is 1. The number of benzene rings is 1. The minimum absolute atomic E-state index is 0. The highest BCUT2D eigenvalue weighted by Crippen LogP contribution is 2.18. The zero-order valence-corrected chi connectivity index (χ0v) is 19.5. The summed E-state index contributed by atoms with van der Waals surface area (Å²) in [4.78, 5) is 12.3. The number of nitrogens with one attached hydrogen (secondary N) is 3. The Morgan fingerprint density at radius 2 is 1.79 bits per heavy atom. The Kier molecular flexibility index (Phi) is 11.1. The van der Waals surface area contributed by atoms with Gasteiger partial charge in [-0.25, -0.2) is 9.98 Å². The summed E-state index contributed by atoms with van der Waals surface area (Å²) >= 11 is 0. The fraction of sp³-hybridized carbons (Fsp3) is 0.524. The topological polar surface area (TPSA) is 85.3 Å². The van der Waals surface area contributed by atoms with Crippen molar-refractivity contribution in [1.82, 2.24) is 20.6 Å². The lowest BCUT2D eigenvalue weighted by Crippen LogP contribution is -2.47. The highest BCUT2D eigenvalue weighted by atomic mass is 127. The molecule has 0 bridgehead atoms. The number of hydrogen-bond donors (Lipinski definition) is 4. The Morgan fingerprint density at radius 3 is 2.39 bits per heavy atom. The maximum Gasteiger partial charge on any atom is 0.191 e. The summed E-state index contributed by atoms with van der Waals surface area (Å²) < 4.78 is 0. The highest BCUT2D eigenvalue weighted by molar-refractivity contribution is 14.0. The Hall–Kier alpha value is -1.61. The van der Waals surface area contributed by atoms with Crippen LogP contribution in [0.5, 0.6) is 0 Å². The number of rotatable bonds is 10. The lowest BCUT2D eigenvalue weighted by Gasteiger charge is -2.28. The van der Waals surface area contributed by atoms with E-state index in [-0.39, 0.29) is 24.0 Å². The van der Waals surface area contributed by atoms with E-state index < -0.39 is 5.60 Å². The molecule has 28 heavy (non-hydrogen) atoms. The van der Waals surface area contributed by atoms with Crippen molar-refractivity contribution < 1.29 is 5.11 Å². The molecule has 0 amide bonds. The van der Waals surface area contributed by atoms with Crippen LogP contribution in [0.1, 0.15) is 52.3 Å². The van der Waals surface area contributed by atoms with Crippen LogP contribution in [0.25, 0.3) is 11.3 Å². The van der Waals surface area contributed by atoms with E-state index in [9.17, 15) is 5.11 Å². The SMILES string of the molecule is CCCC(O)(CCC)CNC(=NCc1ncc(-c2ccccc2)[nH]1)NCC.I. The molecule has 1 aromatic carbocycles. The van der Waals surface area contributed by atoms with Gasteiger partial charge in [0.05, 0.1) is 17.5 Å². The Labute approximate surface area is 185 Å². The fourth-order valence-corrected chi connectivity index (χ4v) is 3.18. The largest absolute Gasteiger partial charge is 0.388 e. The van der Waals surface area contributed by atoms with E-state index >= 15 is 0 Å². The summed E-state index contributed by atoms with van der Waals surface area (Å²) in [6.45, 7) is 7.93. The molecule has 2 aromatic rings. The molecule has 1 aromatic heterocycles. The first kappa shape index (κ1) is 24.4. The molecule has 1 heterocycles. The molecule has 0 aliphatic rings. The minimum Gasteiger partial charge on any atom is -0.388 e. The second kappa shape index (κ2) is 12.8. The number of imidazole rings is 1. The molecular formula is C21H34IN5O. The van der Waals surface area contributed by atoms with Gasteiger partial charge in [-0.15, -0.1) is 24.0 Å². The van der Waals surface area contributed by atoms with Crippen molar-refractivity contribution in [1.29, 1.82) is 0 Å². The number of guanidine groups is 1. The second-order valence-corrected chi connectivity index (χ2v) is 6.88. The molecule has 0 atom stereocenters. The van der Waals surface area contributed by atoms with E-state index in [1.165, 1.54) is 0 Å². The quantitative estimate of drug-likeness (QED) is 0.226. The maximum absolute atomic E-state index is 10.8. The Bertz CT molecular complexity index is 696. The number of aliphatic imine (C=N–C) groups is 1. The molecule has 0 fully saturated rings. The van der Waals surface area contributed by atoms with Crippen LogP contribution in [-0.2, 0) is 6.54 Å². The van der Waals surface area contributed by atoms with E-state index in [0.717, 1.165) is 49.3 Å². The van der Waals surface area contributed by atoms with Crippen LogP contribution in [0, 0.1) is 0 Å².